The predicted molar refractivity (Wildman–Crippen MR) is 99.3 cm³/mol. The Morgan fingerprint density at radius 3 is 2.48 bits per heavy atom. The van der Waals surface area contributed by atoms with Crippen molar-refractivity contribution in [3.63, 3.8) is 0 Å². The topological polar surface area (TPSA) is 111 Å². The first kappa shape index (κ1) is 20.4. The molecule has 0 saturated carbocycles. The Hall–Kier alpha value is -2.91. The highest BCUT2D eigenvalue weighted by molar-refractivity contribution is 7.89. The summed E-state index contributed by atoms with van der Waals surface area (Å²) in [6.45, 7) is 1.27. The van der Waals surface area contributed by atoms with Crippen molar-refractivity contribution in [3.05, 3.63) is 53.6 Å². The molecule has 0 atom stereocenters. The van der Waals surface area contributed by atoms with E-state index in [0.717, 1.165) is 5.56 Å². The lowest BCUT2D eigenvalue weighted by atomic mass is 10.2. The molecule has 0 saturated heterocycles. The maximum absolute atomic E-state index is 12.5. The van der Waals surface area contributed by atoms with E-state index in [1.54, 1.807) is 31.2 Å². The van der Waals surface area contributed by atoms with Gasteiger partial charge in [-0.25, -0.2) is 17.9 Å². The number of benzene rings is 2. The molecule has 0 heterocycles. The molecule has 0 aliphatic rings. The average molecular weight is 392 g/mol. The Morgan fingerprint density at radius 1 is 1.07 bits per heavy atom. The van der Waals surface area contributed by atoms with Crippen LogP contribution in [0.1, 0.15) is 15.9 Å². The van der Waals surface area contributed by atoms with Crippen LogP contribution in [-0.2, 0) is 19.6 Å². The minimum absolute atomic E-state index is 0.0505. The van der Waals surface area contributed by atoms with Crippen LogP contribution >= 0.6 is 0 Å². The Balaban J connectivity index is 2.07. The first-order valence-corrected chi connectivity index (χ1v) is 9.37. The van der Waals surface area contributed by atoms with Gasteiger partial charge in [-0.15, -0.1) is 0 Å². The van der Waals surface area contributed by atoms with Gasteiger partial charge in [-0.2, -0.15) is 0 Å². The molecule has 144 valence electrons. The van der Waals surface area contributed by atoms with Crippen molar-refractivity contribution >= 4 is 27.6 Å². The van der Waals surface area contributed by atoms with E-state index in [1.807, 2.05) is 0 Å². The van der Waals surface area contributed by atoms with Crippen molar-refractivity contribution in [2.75, 3.05) is 26.1 Å². The molecule has 0 aliphatic heterocycles. The van der Waals surface area contributed by atoms with Crippen LogP contribution in [0.25, 0.3) is 0 Å². The van der Waals surface area contributed by atoms with Gasteiger partial charge in [0.05, 0.1) is 26.3 Å². The number of hydrogen-bond acceptors (Lipinski definition) is 6. The van der Waals surface area contributed by atoms with Crippen molar-refractivity contribution < 1.29 is 27.5 Å². The molecule has 2 aromatic carbocycles. The predicted octanol–water partition coefficient (Wildman–Crippen LogP) is 1.71. The largest absolute Gasteiger partial charge is 0.495 e. The molecule has 0 radical (unpaired) electrons. The number of esters is 1. The quantitative estimate of drug-likeness (QED) is 0.694. The van der Waals surface area contributed by atoms with Crippen LogP contribution in [0.4, 0.5) is 5.69 Å². The summed E-state index contributed by atoms with van der Waals surface area (Å²) < 4.78 is 36.9. The lowest BCUT2D eigenvalue weighted by Gasteiger charge is -2.12. The Bertz CT molecular complexity index is 956. The highest BCUT2D eigenvalue weighted by Crippen LogP contribution is 2.24. The zero-order valence-electron chi connectivity index (χ0n) is 15.1. The summed E-state index contributed by atoms with van der Waals surface area (Å²) in [5.41, 5.74) is 1.34. The lowest BCUT2D eigenvalue weighted by molar-refractivity contribution is -0.115. The molecule has 0 aromatic heterocycles. The minimum atomic E-state index is -3.95. The summed E-state index contributed by atoms with van der Waals surface area (Å²) in [6.07, 6.45) is 0. The Labute approximate surface area is 157 Å². The molecular formula is C18H20N2O6S. The number of carbonyl (C=O) groups excluding carboxylic acids is 2. The van der Waals surface area contributed by atoms with E-state index in [1.165, 1.54) is 32.4 Å². The van der Waals surface area contributed by atoms with Crippen molar-refractivity contribution in [2.24, 2.45) is 0 Å². The van der Waals surface area contributed by atoms with Gasteiger partial charge in [0.25, 0.3) is 0 Å². The summed E-state index contributed by atoms with van der Waals surface area (Å²) in [6, 6.07) is 10.8. The second-order valence-corrected chi connectivity index (χ2v) is 7.33. The fraction of sp³-hybridized carbons (Fsp3) is 0.222. The molecule has 27 heavy (non-hydrogen) atoms. The minimum Gasteiger partial charge on any atom is -0.495 e. The van der Waals surface area contributed by atoms with E-state index in [-0.39, 0.29) is 16.2 Å². The second kappa shape index (κ2) is 8.65. The number of aryl methyl sites for hydroxylation is 1. The van der Waals surface area contributed by atoms with Gasteiger partial charge in [0.2, 0.25) is 15.9 Å². The van der Waals surface area contributed by atoms with E-state index in [4.69, 9.17) is 4.74 Å². The van der Waals surface area contributed by atoms with E-state index in [2.05, 4.69) is 14.8 Å². The van der Waals surface area contributed by atoms with Gasteiger partial charge in [0.1, 0.15) is 10.6 Å². The zero-order chi connectivity index (χ0) is 20.0. The number of rotatable bonds is 7. The summed E-state index contributed by atoms with van der Waals surface area (Å²) in [7, 11) is -1.33. The van der Waals surface area contributed by atoms with Crippen LogP contribution in [-0.4, -0.2) is 41.1 Å². The van der Waals surface area contributed by atoms with E-state index < -0.39 is 28.4 Å². The number of amides is 1. The normalized spacial score (nSPS) is 10.9. The van der Waals surface area contributed by atoms with Crippen LogP contribution in [0.2, 0.25) is 0 Å². The number of anilines is 1. The van der Waals surface area contributed by atoms with Gasteiger partial charge in [-0.3, -0.25) is 4.79 Å². The third kappa shape index (κ3) is 5.28. The van der Waals surface area contributed by atoms with Gasteiger partial charge < -0.3 is 14.8 Å². The molecule has 0 spiro atoms. The second-order valence-electron chi connectivity index (χ2n) is 5.60. The number of nitrogens with one attached hydrogen (secondary N) is 2. The third-order valence-electron chi connectivity index (χ3n) is 3.60. The molecule has 2 rings (SSSR count). The van der Waals surface area contributed by atoms with Gasteiger partial charge >= 0.3 is 5.97 Å². The number of methoxy groups -OCH3 is 2. The van der Waals surface area contributed by atoms with Gasteiger partial charge in [-0.1, -0.05) is 12.1 Å². The van der Waals surface area contributed by atoms with Crippen molar-refractivity contribution in [1.82, 2.24) is 4.72 Å². The molecule has 8 nitrogen and oxygen atoms in total. The van der Waals surface area contributed by atoms with Gasteiger partial charge in [0.15, 0.2) is 0 Å². The molecule has 0 fully saturated rings. The monoisotopic (exact) mass is 392 g/mol. The summed E-state index contributed by atoms with van der Waals surface area (Å²) in [5, 5.41) is 2.52. The van der Waals surface area contributed by atoms with E-state index in [9.17, 15) is 18.0 Å². The summed E-state index contributed by atoms with van der Waals surface area (Å²) in [4.78, 5) is 23.5. The van der Waals surface area contributed by atoms with Crippen LogP contribution in [0.15, 0.2) is 47.4 Å². The molecule has 9 heteroatoms. The maximum atomic E-state index is 12.5. The number of ether oxygens (including phenoxy) is 2. The molecule has 0 unspecified atom stereocenters. The first-order chi connectivity index (χ1) is 12.8. The van der Waals surface area contributed by atoms with E-state index in [0.29, 0.717) is 5.69 Å². The lowest BCUT2D eigenvalue weighted by Crippen LogP contribution is -2.33. The van der Waals surface area contributed by atoms with Crippen LogP contribution in [0.5, 0.6) is 5.75 Å². The number of hydrogen-bond donors (Lipinski definition) is 2. The molecule has 0 bridgehead atoms. The highest BCUT2D eigenvalue weighted by Gasteiger charge is 2.20. The Morgan fingerprint density at radius 2 is 1.81 bits per heavy atom. The molecule has 2 aromatic rings. The zero-order valence-corrected chi connectivity index (χ0v) is 15.9. The summed E-state index contributed by atoms with van der Waals surface area (Å²) >= 11 is 0. The fourth-order valence-corrected chi connectivity index (χ4v) is 3.51. The molecular weight excluding hydrogens is 372 g/mol. The first-order valence-electron chi connectivity index (χ1n) is 7.89. The van der Waals surface area contributed by atoms with Crippen molar-refractivity contribution in [3.8, 4) is 5.75 Å². The maximum Gasteiger partial charge on any atom is 0.337 e. The van der Waals surface area contributed by atoms with Crippen molar-refractivity contribution in [2.45, 2.75) is 11.8 Å². The van der Waals surface area contributed by atoms with Crippen molar-refractivity contribution in [1.29, 1.82) is 0 Å². The standard InChI is InChI=1S/C18H20N2O6S/c1-12-7-8-15(25-2)16(9-12)27(23,24)19-11-17(21)20-14-6-4-5-13(10-14)18(22)26-3/h4-10,19H,11H2,1-3H3,(H,20,21). The smallest absolute Gasteiger partial charge is 0.337 e. The summed E-state index contributed by atoms with van der Waals surface area (Å²) in [5.74, 6) is -0.954. The Kier molecular flexibility index (Phi) is 6.54. The molecule has 2 N–H and O–H groups in total. The fourth-order valence-electron chi connectivity index (χ4n) is 2.28. The van der Waals surface area contributed by atoms with Gasteiger partial charge in [-0.05, 0) is 42.8 Å². The van der Waals surface area contributed by atoms with Gasteiger partial charge in [0, 0.05) is 5.69 Å². The molecule has 1 amide bonds. The van der Waals surface area contributed by atoms with Crippen LogP contribution < -0.4 is 14.8 Å². The number of sulfonamides is 1. The highest BCUT2D eigenvalue weighted by atomic mass is 32.2. The van der Waals surface area contributed by atoms with Crippen LogP contribution in [0, 0.1) is 6.92 Å². The molecule has 0 aliphatic carbocycles. The third-order valence-corrected chi connectivity index (χ3v) is 5.02. The SMILES string of the molecule is COC(=O)c1cccc(NC(=O)CNS(=O)(=O)c2cc(C)ccc2OC)c1. The van der Waals surface area contributed by atoms with E-state index >= 15 is 0 Å². The average Bonchev–Trinajstić information content (AvgIpc) is 2.66. The number of carbonyl (C=O) groups is 2. The van der Waals surface area contributed by atoms with Crippen LogP contribution in [0.3, 0.4) is 0 Å².